The molecule has 0 bridgehead atoms. The van der Waals surface area contributed by atoms with E-state index >= 15 is 0 Å². The zero-order valence-corrected chi connectivity index (χ0v) is 18.7. The van der Waals surface area contributed by atoms with Crippen molar-refractivity contribution in [1.29, 1.82) is 0 Å². The van der Waals surface area contributed by atoms with Crippen molar-refractivity contribution in [3.8, 4) is 0 Å². The van der Waals surface area contributed by atoms with Crippen molar-refractivity contribution in [1.82, 2.24) is 0 Å². The van der Waals surface area contributed by atoms with Gasteiger partial charge in [0.1, 0.15) is 0 Å². The van der Waals surface area contributed by atoms with Crippen LogP contribution in [-0.4, -0.2) is 0 Å². The molecule has 0 atom stereocenters. The number of benzene rings is 1. The highest BCUT2D eigenvalue weighted by molar-refractivity contribution is 5.19. The topological polar surface area (TPSA) is 0 Å². The van der Waals surface area contributed by atoms with Crippen molar-refractivity contribution in [2.75, 3.05) is 0 Å². The lowest BCUT2D eigenvalue weighted by atomic mass is 9.68. The smallest absolute Gasteiger partial charge is 0.194 e. The molecule has 0 aliphatic heterocycles. The van der Waals surface area contributed by atoms with Crippen molar-refractivity contribution in [3.05, 3.63) is 47.3 Å². The fraction of sp³-hybridized carbons (Fsp3) is 0.704. The highest BCUT2D eigenvalue weighted by Gasteiger charge is 2.30. The van der Waals surface area contributed by atoms with Crippen LogP contribution in [0.4, 0.5) is 13.2 Å². The van der Waals surface area contributed by atoms with Crippen molar-refractivity contribution < 1.29 is 13.2 Å². The molecule has 1 aromatic rings. The first-order valence-corrected chi connectivity index (χ1v) is 12.3. The van der Waals surface area contributed by atoms with Gasteiger partial charge in [-0.1, -0.05) is 50.7 Å². The minimum atomic E-state index is -1.36. The maximum atomic E-state index is 13.4. The largest absolute Gasteiger partial charge is 0.204 e. The van der Waals surface area contributed by atoms with E-state index in [1.54, 1.807) is 0 Å². The molecule has 2 saturated carbocycles. The lowest BCUT2D eigenvalue weighted by molar-refractivity contribution is 0.140. The van der Waals surface area contributed by atoms with Gasteiger partial charge in [-0.2, -0.15) is 0 Å². The molecule has 0 amide bonds. The molecule has 0 unspecified atom stereocenters. The van der Waals surface area contributed by atoms with E-state index in [1.807, 2.05) is 0 Å². The first-order valence-electron chi connectivity index (χ1n) is 12.3. The Kier molecular flexibility index (Phi) is 9.33. The van der Waals surface area contributed by atoms with Gasteiger partial charge in [-0.3, -0.25) is 0 Å². The standard InChI is InChI=1S/C27H39F3/c1-2-3-4-5-6-7-20-10-14-23(15-11-20)24-16-12-21(13-17-24)8-9-22-18-25(28)27(30)26(29)19-22/h2-3,18-21,23-24H,4-17H2,1H3. The fourth-order valence-corrected chi connectivity index (χ4v) is 5.88. The number of allylic oxidation sites excluding steroid dienone is 2. The summed E-state index contributed by atoms with van der Waals surface area (Å²) < 4.78 is 39.9. The second-order valence-corrected chi connectivity index (χ2v) is 9.83. The van der Waals surface area contributed by atoms with Crippen LogP contribution in [0.2, 0.25) is 0 Å². The van der Waals surface area contributed by atoms with E-state index in [4.69, 9.17) is 0 Å². The molecule has 0 nitrogen and oxygen atoms in total. The van der Waals surface area contributed by atoms with E-state index in [2.05, 4.69) is 19.1 Å². The Morgan fingerprint density at radius 2 is 1.30 bits per heavy atom. The predicted octanol–water partition coefficient (Wildman–Crippen LogP) is 8.79. The number of aryl methyl sites for hydroxylation is 1. The first kappa shape index (κ1) is 23.4. The molecule has 1 aromatic carbocycles. The van der Waals surface area contributed by atoms with Crippen LogP contribution in [0.1, 0.15) is 96.0 Å². The van der Waals surface area contributed by atoms with Crippen molar-refractivity contribution in [3.63, 3.8) is 0 Å². The molecule has 0 spiro atoms. The predicted molar refractivity (Wildman–Crippen MR) is 119 cm³/mol. The van der Waals surface area contributed by atoms with Gasteiger partial charge in [-0.15, -0.1) is 0 Å². The summed E-state index contributed by atoms with van der Waals surface area (Å²) in [5.41, 5.74) is 0.581. The molecule has 168 valence electrons. The fourth-order valence-electron chi connectivity index (χ4n) is 5.88. The van der Waals surface area contributed by atoms with Gasteiger partial charge in [0, 0.05) is 0 Å². The molecular weight excluding hydrogens is 381 g/mol. The summed E-state index contributed by atoms with van der Waals surface area (Å²) in [6.07, 6.45) is 22.2. The third kappa shape index (κ3) is 6.89. The monoisotopic (exact) mass is 420 g/mol. The van der Waals surface area contributed by atoms with Gasteiger partial charge >= 0.3 is 0 Å². The Labute approximate surface area is 181 Å². The van der Waals surface area contributed by atoms with Crippen molar-refractivity contribution in [2.45, 2.75) is 96.8 Å². The third-order valence-corrected chi connectivity index (χ3v) is 7.80. The highest BCUT2D eigenvalue weighted by Crippen LogP contribution is 2.43. The molecule has 2 aliphatic carbocycles. The van der Waals surface area contributed by atoms with Gasteiger partial charge < -0.3 is 0 Å². The average molecular weight is 421 g/mol. The Morgan fingerprint density at radius 3 is 1.83 bits per heavy atom. The van der Waals surface area contributed by atoms with E-state index in [0.717, 1.165) is 36.3 Å². The number of halogens is 3. The zero-order valence-electron chi connectivity index (χ0n) is 18.7. The van der Waals surface area contributed by atoms with Gasteiger partial charge in [0.2, 0.25) is 0 Å². The van der Waals surface area contributed by atoms with Crippen molar-refractivity contribution >= 4 is 0 Å². The van der Waals surface area contributed by atoms with Crippen LogP contribution in [0.15, 0.2) is 24.3 Å². The molecule has 3 heteroatoms. The lowest BCUT2D eigenvalue weighted by Gasteiger charge is -2.38. The van der Waals surface area contributed by atoms with Gasteiger partial charge in [-0.25, -0.2) is 13.2 Å². The molecule has 0 heterocycles. The lowest BCUT2D eigenvalue weighted by Crippen LogP contribution is -2.26. The van der Waals surface area contributed by atoms with E-state index < -0.39 is 17.5 Å². The van der Waals surface area contributed by atoms with Gasteiger partial charge in [0.05, 0.1) is 0 Å². The summed E-state index contributed by atoms with van der Waals surface area (Å²) in [5.74, 6) is -0.0828. The maximum Gasteiger partial charge on any atom is 0.194 e. The second kappa shape index (κ2) is 12.0. The molecule has 30 heavy (non-hydrogen) atoms. The second-order valence-electron chi connectivity index (χ2n) is 9.83. The molecule has 0 N–H and O–H groups in total. The van der Waals surface area contributed by atoms with Crippen LogP contribution in [0.25, 0.3) is 0 Å². The van der Waals surface area contributed by atoms with Crippen LogP contribution < -0.4 is 0 Å². The number of hydrogen-bond acceptors (Lipinski definition) is 0. The Bertz CT molecular complexity index is 642. The summed E-state index contributed by atoms with van der Waals surface area (Å²) in [6, 6.07) is 2.31. The Morgan fingerprint density at radius 1 is 0.767 bits per heavy atom. The minimum Gasteiger partial charge on any atom is -0.204 e. The summed E-state index contributed by atoms with van der Waals surface area (Å²) in [4.78, 5) is 0. The molecule has 0 aromatic heterocycles. The van der Waals surface area contributed by atoms with E-state index in [0.29, 0.717) is 17.9 Å². The SMILES string of the molecule is CC=CCCCCC1CCC(C2CCC(CCc3cc(F)c(F)c(F)c3)CC2)CC1. The highest BCUT2D eigenvalue weighted by atomic mass is 19.2. The van der Waals surface area contributed by atoms with Crippen LogP contribution in [0.5, 0.6) is 0 Å². The third-order valence-electron chi connectivity index (χ3n) is 7.80. The molecule has 2 aliphatic rings. The molecule has 0 saturated heterocycles. The molecular formula is C27H39F3. The summed E-state index contributed by atoms with van der Waals surface area (Å²) >= 11 is 0. The summed E-state index contributed by atoms with van der Waals surface area (Å²) in [7, 11) is 0. The van der Waals surface area contributed by atoms with Gasteiger partial charge in [0.15, 0.2) is 17.5 Å². The normalized spacial score (nSPS) is 27.6. The van der Waals surface area contributed by atoms with Crippen LogP contribution in [0.3, 0.4) is 0 Å². The molecule has 3 rings (SSSR count). The quantitative estimate of drug-likeness (QED) is 0.213. The summed E-state index contributed by atoms with van der Waals surface area (Å²) in [6.45, 7) is 2.10. The zero-order chi connectivity index (χ0) is 21.3. The van der Waals surface area contributed by atoms with Crippen LogP contribution in [0, 0.1) is 41.1 Å². The van der Waals surface area contributed by atoms with Crippen LogP contribution >= 0.6 is 0 Å². The maximum absolute atomic E-state index is 13.4. The number of rotatable bonds is 9. The minimum absolute atomic E-state index is 0.581. The van der Waals surface area contributed by atoms with Crippen molar-refractivity contribution in [2.24, 2.45) is 23.7 Å². The summed E-state index contributed by atoms with van der Waals surface area (Å²) in [5, 5.41) is 0. The van der Waals surface area contributed by atoms with Gasteiger partial charge in [-0.05, 0) is 99.7 Å². The molecule has 2 fully saturated rings. The Hall–Kier alpha value is -1.25. The van der Waals surface area contributed by atoms with E-state index in [-0.39, 0.29) is 0 Å². The first-order chi connectivity index (χ1) is 14.6. The van der Waals surface area contributed by atoms with Crippen LogP contribution in [-0.2, 0) is 6.42 Å². The molecule has 0 radical (unpaired) electrons. The van der Waals surface area contributed by atoms with E-state index in [1.165, 1.54) is 77.0 Å². The van der Waals surface area contributed by atoms with E-state index in [9.17, 15) is 13.2 Å². The van der Waals surface area contributed by atoms with Gasteiger partial charge in [0.25, 0.3) is 0 Å². The number of hydrogen-bond donors (Lipinski definition) is 0. The Balaban J connectivity index is 1.32. The average Bonchev–Trinajstić information content (AvgIpc) is 2.76. The number of unbranched alkanes of at least 4 members (excludes halogenated alkanes) is 2.